The van der Waals surface area contributed by atoms with E-state index in [9.17, 15) is 0 Å². The average Bonchev–Trinajstić information content (AvgIpc) is 2.94. The molecular formula is C12H18BrNO2S. The Kier molecular flexibility index (Phi) is 4.99. The van der Waals surface area contributed by atoms with Crippen LogP contribution in [0.25, 0.3) is 0 Å². The second-order valence-electron chi connectivity index (χ2n) is 4.20. The molecule has 0 aliphatic carbocycles. The molecule has 5 heteroatoms. The summed E-state index contributed by atoms with van der Waals surface area (Å²) in [4.78, 5) is 3.89. The third-order valence-electron chi connectivity index (χ3n) is 3.20. The summed E-state index contributed by atoms with van der Waals surface area (Å²) in [6.07, 6.45) is 2.35. The number of ether oxygens (including phenoxy) is 2. The summed E-state index contributed by atoms with van der Waals surface area (Å²) in [5.74, 6) is 0. The van der Waals surface area contributed by atoms with Gasteiger partial charge in [0.05, 0.1) is 10.3 Å². The lowest BCUT2D eigenvalue weighted by Crippen LogP contribution is -2.33. The van der Waals surface area contributed by atoms with Crippen molar-refractivity contribution in [3.8, 4) is 0 Å². The highest BCUT2D eigenvalue weighted by molar-refractivity contribution is 9.11. The molecule has 1 atom stereocenters. The van der Waals surface area contributed by atoms with E-state index in [1.165, 1.54) is 21.5 Å². The van der Waals surface area contributed by atoms with Gasteiger partial charge in [0, 0.05) is 25.1 Å². The normalized spacial score (nSPS) is 21.5. The molecule has 0 amide bonds. The van der Waals surface area contributed by atoms with Gasteiger partial charge in [0.2, 0.25) is 0 Å². The Labute approximate surface area is 115 Å². The Morgan fingerprint density at radius 2 is 2.24 bits per heavy atom. The van der Waals surface area contributed by atoms with Crippen LogP contribution in [0.4, 0.5) is 0 Å². The fourth-order valence-corrected chi connectivity index (χ4v) is 3.90. The molecule has 0 saturated carbocycles. The van der Waals surface area contributed by atoms with Gasteiger partial charge in [-0.1, -0.05) is 0 Å². The molecule has 1 aromatic heterocycles. The van der Waals surface area contributed by atoms with Crippen LogP contribution >= 0.6 is 27.3 Å². The molecule has 2 rings (SSSR count). The van der Waals surface area contributed by atoms with E-state index in [0.717, 1.165) is 13.1 Å². The van der Waals surface area contributed by atoms with Gasteiger partial charge in [0.1, 0.15) is 0 Å². The first-order valence-electron chi connectivity index (χ1n) is 5.79. The number of rotatable bonds is 5. The molecule has 1 saturated heterocycles. The quantitative estimate of drug-likeness (QED) is 0.777. The molecule has 0 unspecified atom stereocenters. The van der Waals surface area contributed by atoms with Gasteiger partial charge < -0.3 is 9.47 Å². The van der Waals surface area contributed by atoms with Gasteiger partial charge in [0.25, 0.3) is 0 Å². The first-order valence-corrected chi connectivity index (χ1v) is 7.40. The lowest BCUT2D eigenvalue weighted by Gasteiger charge is -2.26. The first-order chi connectivity index (χ1) is 8.24. The first kappa shape index (κ1) is 13.5. The SMILES string of the molecule is COC(CN1CCC[C@@H]1c1ccc(Br)s1)OC. The molecule has 1 aliphatic heterocycles. The summed E-state index contributed by atoms with van der Waals surface area (Å²) in [5, 5.41) is 0. The largest absolute Gasteiger partial charge is 0.355 e. The summed E-state index contributed by atoms with van der Waals surface area (Å²) in [6, 6.07) is 4.87. The average molecular weight is 320 g/mol. The zero-order valence-corrected chi connectivity index (χ0v) is 12.6. The molecule has 0 radical (unpaired) electrons. The van der Waals surface area contributed by atoms with E-state index in [0.29, 0.717) is 6.04 Å². The fourth-order valence-electron chi connectivity index (χ4n) is 2.31. The number of thiophene rings is 1. The zero-order valence-electron chi connectivity index (χ0n) is 10.2. The van der Waals surface area contributed by atoms with Crippen LogP contribution in [0, 0.1) is 0 Å². The van der Waals surface area contributed by atoms with Crippen molar-refractivity contribution in [2.75, 3.05) is 27.3 Å². The van der Waals surface area contributed by atoms with E-state index in [1.807, 2.05) is 11.3 Å². The second-order valence-corrected chi connectivity index (χ2v) is 6.69. The van der Waals surface area contributed by atoms with Crippen LogP contribution in [0.1, 0.15) is 23.8 Å². The lowest BCUT2D eigenvalue weighted by atomic mass is 10.2. The molecule has 0 aromatic carbocycles. The van der Waals surface area contributed by atoms with Crippen LogP contribution in [0.15, 0.2) is 15.9 Å². The predicted molar refractivity (Wildman–Crippen MR) is 73.4 cm³/mol. The van der Waals surface area contributed by atoms with Gasteiger partial charge in [-0.3, -0.25) is 4.90 Å². The molecule has 2 heterocycles. The maximum absolute atomic E-state index is 5.28. The maximum atomic E-state index is 5.28. The maximum Gasteiger partial charge on any atom is 0.169 e. The van der Waals surface area contributed by atoms with E-state index >= 15 is 0 Å². The van der Waals surface area contributed by atoms with E-state index < -0.39 is 0 Å². The van der Waals surface area contributed by atoms with Crippen molar-refractivity contribution < 1.29 is 9.47 Å². The van der Waals surface area contributed by atoms with Gasteiger partial charge in [-0.25, -0.2) is 0 Å². The molecule has 0 N–H and O–H groups in total. The minimum absolute atomic E-state index is 0.126. The van der Waals surface area contributed by atoms with E-state index in [2.05, 4.69) is 33.0 Å². The van der Waals surface area contributed by atoms with Gasteiger partial charge in [-0.05, 0) is 47.4 Å². The summed E-state index contributed by atoms with van der Waals surface area (Å²) in [5.41, 5.74) is 0. The summed E-state index contributed by atoms with van der Waals surface area (Å²) in [6.45, 7) is 1.97. The highest BCUT2D eigenvalue weighted by Gasteiger charge is 2.28. The Balaban J connectivity index is 2.02. The third kappa shape index (κ3) is 3.29. The lowest BCUT2D eigenvalue weighted by molar-refractivity contribution is -0.117. The molecule has 3 nitrogen and oxygen atoms in total. The number of nitrogens with zero attached hydrogens (tertiary/aromatic N) is 1. The molecule has 96 valence electrons. The van der Waals surface area contributed by atoms with Crippen LogP contribution in [0.5, 0.6) is 0 Å². The summed E-state index contributed by atoms with van der Waals surface area (Å²) in [7, 11) is 3.39. The summed E-state index contributed by atoms with van der Waals surface area (Å²) < 4.78 is 11.8. The van der Waals surface area contributed by atoms with Crippen molar-refractivity contribution >= 4 is 27.3 Å². The van der Waals surface area contributed by atoms with Gasteiger partial charge in [0.15, 0.2) is 6.29 Å². The third-order valence-corrected chi connectivity index (χ3v) is 4.92. The molecule has 0 spiro atoms. The van der Waals surface area contributed by atoms with Crippen molar-refractivity contribution in [3.63, 3.8) is 0 Å². The van der Waals surface area contributed by atoms with Crippen molar-refractivity contribution in [3.05, 3.63) is 20.8 Å². The van der Waals surface area contributed by atoms with E-state index in [4.69, 9.17) is 9.47 Å². The second kappa shape index (κ2) is 6.29. The number of halogens is 1. The molecule has 1 aromatic rings. The Bertz CT molecular complexity index is 354. The van der Waals surface area contributed by atoms with E-state index in [-0.39, 0.29) is 6.29 Å². The summed E-state index contributed by atoms with van der Waals surface area (Å²) >= 11 is 5.35. The van der Waals surface area contributed by atoms with Crippen molar-refractivity contribution in [2.45, 2.75) is 25.2 Å². The highest BCUT2D eigenvalue weighted by Crippen LogP contribution is 2.37. The fraction of sp³-hybridized carbons (Fsp3) is 0.667. The van der Waals surface area contributed by atoms with Gasteiger partial charge in [-0.15, -0.1) is 11.3 Å². The number of methoxy groups -OCH3 is 2. The number of hydrogen-bond donors (Lipinski definition) is 0. The van der Waals surface area contributed by atoms with Crippen LogP contribution < -0.4 is 0 Å². The molecule has 1 fully saturated rings. The van der Waals surface area contributed by atoms with Crippen molar-refractivity contribution in [1.29, 1.82) is 0 Å². The highest BCUT2D eigenvalue weighted by atomic mass is 79.9. The van der Waals surface area contributed by atoms with Gasteiger partial charge in [-0.2, -0.15) is 0 Å². The van der Waals surface area contributed by atoms with Crippen LogP contribution in [0.2, 0.25) is 0 Å². The Hall–Kier alpha value is 0.0600. The minimum Gasteiger partial charge on any atom is -0.355 e. The smallest absolute Gasteiger partial charge is 0.169 e. The predicted octanol–water partition coefficient (Wildman–Crippen LogP) is 3.27. The topological polar surface area (TPSA) is 21.7 Å². The number of hydrogen-bond acceptors (Lipinski definition) is 4. The molecule has 1 aliphatic rings. The van der Waals surface area contributed by atoms with Crippen LogP contribution in [-0.4, -0.2) is 38.5 Å². The number of likely N-dealkylation sites (tertiary alicyclic amines) is 1. The monoisotopic (exact) mass is 319 g/mol. The standard InChI is InChI=1S/C12H18BrNO2S/c1-15-12(16-2)8-14-7-3-4-9(14)10-5-6-11(13)17-10/h5-6,9,12H,3-4,7-8H2,1-2H3/t9-/m1/s1. The van der Waals surface area contributed by atoms with Crippen LogP contribution in [-0.2, 0) is 9.47 Å². The van der Waals surface area contributed by atoms with Crippen molar-refractivity contribution in [2.24, 2.45) is 0 Å². The van der Waals surface area contributed by atoms with Gasteiger partial charge >= 0.3 is 0 Å². The zero-order chi connectivity index (χ0) is 12.3. The minimum atomic E-state index is -0.126. The molecule has 17 heavy (non-hydrogen) atoms. The van der Waals surface area contributed by atoms with Crippen molar-refractivity contribution in [1.82, 2.24) is 4.90 Å². The van der Waals surface area contributed by atoms with E-state index in [1.54, 1.807) is 14.2 Å². The Morgan fingerprint density at radius 3 is 2.82 bits per heavy atom. The molecular weight excluding hydrogens is 302 g/mol. The Morgan fingerprint density at radius 1 is 1.47 bits per heavy atom. The van der Waals surface area contributed by atoms with Crippen LogP contribution in [0.3, 0.4) is 0 Å². The molecule has 0 bridgehead atoms.